The molecule has 0 unspecified atom stereocenters. The van der Waals surface area contributed by atoms with Crippen molar-refractivity contribution in [1.82, 2.24) is 9.88 Å². The fourth-order valence-electron chi connectivity index (χ4n) is 2.02. The van der Waals surface area contributed by atoms with Gasteiger partial charge in [0.2, 0.25) is 11.8 Å². The number of rotatable bonds is 3. The number of pyridine rings is 1. The third kappa shape index (κ3) is 3.23. The number of halogens is 1. The van der Waals surface area contributed by atoms with Crippen LogP contribution in [0.15, 0.2) is 12.1 Å². The summed E-state index contributed by atoms with van der Waals surface area (Å²) in [6, 6.07) is 3.46. The molecule has 1 aromatic rings. The minimum Gasteiger partial charge on any atom is -0.373 e. The molecule has 102 valence electrons. The minimum atomic E-state index is -0.143. The van der Waals surface area contributed by atoms with Gasteiger partial charge < -0.3 is 5.32 Å². The second-order valence-corrected chi connectivity index (χ2v) is 4.86. The number of likely N-dealkylation sites (tertiary alicyclic amines) is 1. The molecular weight excluding hydrogens is 266 g/mol. The number of aromatic nitrogens is 1. The Bertz CT molecular complexity index is 487. The highest BCUT2D eigenvalue weighted by molar-refractivity contribution is 6.31. The van der Waals surface area contributed by atoms with Crippen LogP contribution >= 0.6 is 11.6 Å². The second-order valence-electron chi connectivity index (χ2n) is 4.46. The number of carbonyl (C=O) groups excluding carboxylic acids is 2. The van der Waals surface area contributed by atoms with Gasteiger partial charge in [0.05, 0.1) is 17.3 Å². The van der Waals surface area contributed by atoms with Gasteiger partial charge in [-0.3, -0.25) is 14.5 Å². The van der Waals surface area contributed by atoms with Crippen molar-refractivity contribution in [3.8, 4) is 0 Å². The van der Waals surface area contributed by atoms with E-state index in [-0.39, 0.29) is 18.4 Å². The molecule has 19 heavy (non-hydrogen) atoms. The maximum atomic E-state index is 11.9. The van der Waals surface area contributed by atoms with Crippen LogP contribution < -0.4 is 5.32 Å². The van der Waals surface area contributed by atoms with Crippen molar-refractivity contribution in [3.63, 3.8) is 0 Å². The molecule has 1 aliphatic rings. The first kappa shape index (κ1) is 13.8. The van der Waals surface area contributed by atoms with Crippen molar-refractivity contribution in [1.29, 1.82) is 0 Å². The van der Waals surface area contributed by atoms with Crippen molar-refractivity contribution in [3.05, 3.63) is 22.8 Å². The zero-order valence-electron chi connectivity index (χ0n) is 10.8. The Hall–Kier alpha value is -1.62. The lowest BCUT2D eigenvalue weighted by molar-refractivity contribution is -0.144. The predicted molar refractivity (Wildman–Crippen MR) is 72.8 cm³/mol. The zero-order valence-corrected chi connectivity index (χ0v) is 11.5. The van der Waals surface area contributed by atoms with Crippen molar-refractivity contribution < 1.29 is 9.59 Å². The molecule has 2 rings (SSSR count). The van der Waals surface area contributed by atoms with Gasteiger partial charge in [-0.2, -0.15) is 0 Å². The Kier molecular flexibility index (Phi) is 4.37. The minimum absolute atomic E-state index is 0.143. The molecule has 1 saturated heterocycles. The van der Waals surface area contributed by atoms with E-state index in [1.807, 2.05) is 0 Å². The molecule has 5 nitrogen and oxygen atoms in total. The van der Waals surface area contributed by atoms with Crippen LogP contribution in [0.2, 0.25) is 5.02 Å². The first-order chi connectivity index (χ1) is 9.11. The van der Waals surface area contributed by atoms with Crippen LogP contribution in [0.5, 0.6) is 0 Å². The third-order valence-corrected chi connectivity index (χ3v) is 3.46. The number of nitrogens with zero attached hydrogens (tertiary/aromatic N) is 2. The maximum Gasteiger partial charge on any atom is 0.229 e. The lowest BCUT2D eigenvalue weighted by Gasteiger charge is -2.19. The fraction of sp³-hybridized carbons (Fsp3) is 0.462. The van der Waals surface area contributed by atoms with Crippen molar-refractivity contribution >= 4 is 29.2 Å². The largest absolute Gasteiger partial charge is 0.373 e. The first-order valence-corrected chi connectivity index (χ1v) is 6.66. The molecule has 0 spiro atoms. The average Bonchev–Trinajstić information content (AvgIpc) is 2.56. The van der Waals surface area contributed by atoms with E-state index in [0.717, 1.165) is 12.8 Å². The van der Waals surface area contributed by atoms with Crippen LogP contribution in [0.3, 0.4) is 0 Å². The Morgan fingerprint density at radius 2 is 1.89 bits per heavy atom. The Labute approximate surface area is 117 Å². The molecule has 0 bridgehead atoms. The van der Waals surface area contributed by atoms with E-state index in [4.69, 9.17) is 11.6 Å². The van der Waals surface area contributed by atoms with Crippen LogP contribution in [-0.2, 0) is 16.1 Å². The highest BCUT2D eigenvalue weighted by atomic mass is 35.5. The monoisotopic (exact) mass is 281 g/mol. The van der Waals surface area contributed by atoms with Gasteiger partial charge in [-0.1, -0.05) is 11.6 Å². The summed E-state index contributed by atoms with van der Waals surface area (Å²) >= 11 is 6.07. The SMILES string of the molecule is CNc1ccc(Cl)c(CN2C(=O)CCCCC2=O)n1. The molecular formula is C13H16ClN3O2. The number of hydrogen-bond acceptors (Lipinski definition) is 4. The maximum absolute atomic E-state index is 11.9. The van der Waals surface area contributed by atoms with Crippen molar-refractivity contribution in [2.75, 3.05) is 12.4 Å². The molecule has 6 heteroatoms. The van der Waals surface area contributed by atoms with Gasteiger partial charge in [0.25, 0.3) is 0 Å². The van der Waals surface area contributed by atoms with Gasteiger partial charge in [0.15, 0.2) is 0 Å². The van der Waals surface area contributed by atoms with Gasteiger partial charge in [-0.05, 0) is 25.0 Å². The highest BCUT2D eigenvalue weighted by Crippen LogP contribution is 2.21. The van der Waals surface area contributed by atoms with E-state index in [9.17, 15) is 9.59 Å². The van der Waals surface area contributed by atoms with E-state index >= 15 is 0 Å². The van der Waals surface area contributed by atoms with Crippen molar-refractivity contribution in [2.45, 2.75) is 32.2 Å². The third-order valence-electron chi connectivity index (χ3n) is 3.12. The smallest absolute Gasteiger partial charge is 0.229 e. The van der Waals surface area contributed by atoms with E-state index in [2.05, 4.69) is 10.3 Å². The average molecular weight is 282 g/mol. The predicted octanol–water partition coefficient (Wildman–Crippen LogP) is 2.21. The molecule has 0 aliphatic carbocycles. The standard InChI is InChI=1S/C13H16ClN3O2/c1-15-11-7-6-9(14)10(16-11)8-17-12(18)4-2-3-5-13(17)19/h6-7H,2-5,8H2,1H3,(H,15,16). The summed E-state index contributed by atoms with van der Waals surface area (Å²) in [6.07, 6.45) is 2.35. The number of anilines is 1. The molecule has 0 saturated carbocycles. The Morgan fingerprint density at radius 3 is 2.47 bits per heavy atom. The lowest BCUT2D eigenvalue weighted by atomic mass is 10.2. The van der Waals surface area contributed by atoms with Crippen LogP contribution in [-0.4, -0.2) is 28.7 Å². The lowest BCUT2D eigenvalue weighted by Crippen LogP contribution is -2.34. The fourth-order valence-corrected chi connectivity index (χ4v) is 2.19. The topological polar surface area (TPSA) is 62.3 Å². The Balaban J connectivity index is 2.23. The molecule has 0 radical (unpaired) electrons. The summed E-state index contributed by atoms with van der Waals surface area (Å²) in [6.45, 7) is 0.145. The number of hydrogen-bond donors (Lipinski definition) is 1. The summed E-state index contributed by atoms with van der Waals surface area (Å²) in [4.78, 5) is 29.4. The van der Waals surface area contributed by atoms with Crippen LogP contribution in [0.1, 0.15) is 31.4 Å². The van der Waals surface area contributed by atoms with Crippen LogP contribution in [0, 0.1) is 0 Å². The number of imide groups is 1. The molecule has 2 heterocycles. The van der Waals surface area contributed by atoms with Crippen LogP contribution in [0.4, 0.5) is 5.82 Å². The molecule has 1 aromatic heterocycles. The highest BCUT2D eigenvalue weighted by Gasteiger charge is 2.25. The van der Waals surface area contributed by atoms with Gasteiger partial charge in [0.1, 0.15) is 5.82 Å². The van der Waals surface area contributed by atoms with Gasteiger partial charge in [0, 0.05) is 19.9 Å². The van der Waals surface area contributed by atoms with Crippen LogP contribution in [0.25, 0.3) is 0 Å². The quantitative estimate of drug-likeness (QED) is 0.863. The zero-order chi connectivity index (χ0) is 13.8. The van der Waals surface area contributed by atoms with E-state index < -0.39 is 0 Å². The molecule has 1 fully saturated rings. The Morgan fingerprint density at radius 1 is 1.26 bits per heavy atom. The second kappa shape index (κ2) is 6.02. The number of amides is 2. The summed E-state index contributed by atoms with van der Waals surface area (Å²) in [5.41, 5.74) is 0.539. The normalized spacial score (nSPS) is 16.4. The van der Waals surface area contributed by atoms with Gasteiger partial charge >= 0.3 is 0 Å². The van der Waals surface area contributed by atoms with E-state index in [1.165, 1.54) is 4.90 Å². The molecule has 0 atom stereocenters. The van der Waals surface area contributed by atoms with E-state index in [1.54, 1.807) is 19.2 Å². The number of carbonyl (C=O) groups is 2. The number of nitrogens with one attached hydrogen (secondary N) is 1. The van der Waals surface area contributed by atoms with Gasteiger partial charge in [-0.25, -0.2) is 4.98 Å². The summed E-state index contributed by atoms with van der Waals surface area (Å²) in [7, 11) is 1.75. The molecule has 0 aromatic carbocycles. The van der Waals surface area contributed by atoms with Crippen molar-refractivity contribution in [2.24, 2.45) is 0 Å². The van der Waals surface area contributed by atoms with E-state index in [0.29, 0.717) is 29.4 Å². The molecule has 1 aliphatic heterocycles. The summed E-state index contributed by atoms with van der Waals surface area (Å²) in [5.74, 6) is 0.375. The first-order valence-electron chi connectivity index (χ1n) is 6.28. The van der Waals surface area contributed by atoms with Gasteiger partial charge in [-0.15, -0.1) is 0 Å². The summed E-state index contributed by atoms with van der Waals surface area (Å²) < 4.78 is 0. The molecule has 2 amide bonds. The molecule has 1 N–H and O–H groups in total. The summed E-state index contributed by atoms with van der Waals surface area (Å²) in [5, 5.41) is 3.37.